The molecule has 74 valence electrons. The number of rotatable bonds is 6. The first-order valence-electron chi connectivity index (χ1n) is 4.62. The third kappa shape index (κ3) is 3.57. The molecule has 4 nitrogen and oxygen atoms in total. The van der Waals surface area contributed by atoms with Crippen LogP contribution in [0.25, 0.3) is 0 Å². The zero-order chi connectivity index (χ0) is 9.52. The molecule has 4 heteroatoms. The lowest BCUT2D eigenvalue weighted by Crippen LogP contribution is -2.19. The Morgan fingerprint density at radius 1 is 1.62 bits per heavy atom. The Bertz CT molecular complexity index is 235. The van der Waals surface area contributed by atoms with Gasteiger partial charge in [0.1, 0.15) is 0 Å². The first-order chi connectivity index (χ1) is 6.34. The molecule has 0 unspecified atom stereocenters. The third-order valence-corrected chi connectivity index (χ3v) is 1.85. The van der Waals surface area contributed by atoms with E-state index in [4.69, 9.17) is 4.74 Å². The third-order valence-electron chi connectivity index (χ3n) is 1.85. The Morgan fingerprint density at radius 3 is 3.08 bits per heavy atom. The average molecular weight is 183 g/mol. The maximum atomic E-state index is 5.19. The summed E-state index contributed by atoms with van der Waals surface area (Å²) in [6, 6.07) is 0. The zero-order valence-corrected chi connectivity index (χ0v) is 8.26. The van der Waals surface area contributed by atoms with Crippen molar-refractivity contribution in [2.45, 2.75) is 20.4 Å². The molecule has 0 aliphatic rings. The summed E-state index contributed by atoms with van der Waals surface area (Å²) in [7, 11) is 0. The van der Waals surface area contributed by atoms with E-state index < -0.39 is 0 Å². The lowest BCUT2D eigenvalue weighted by atomic mass is 10.3. The number of aromatic nitrogens is 2. The Hall–Kier alpha value is -0.870. The fraction of sp³-hybridized carbons (Fsp3) is 0.667. The van der Waals surface area contributed by atoms with E-state index in [0.717, 1.165) is 37.7 Å². The summed E-state index contributed by atoms with van der Waals surface area (Å²) in [5, 5.41) is 3.26. The van der Waals surface area contributed by atoms with Crippen molar-refractivity contribution >= 4 is 0 Å². The second kappa shape index (κ2) is 5.72. The van der Waals surface area contributed by atoms with Crippen LogP contribution < -0.4 is 5.32 Å². The number of hydrogen-bond acceptors (Lipinski definition) is 3. The molecule has 1 aromatic heterocycles. The molecular weight excluding hydrogens is 166 g/mol. The van der Waals surface area contributed by atoms with Crippen molar-refractivity contribution in [2.24, 2.45) is 0 Å². The summed E-state index contributed by atoms with van der Waals surface area (Å²) in [6.45, 7) is 7.25. The Labute approximate surface area is 78.7 Å². The van der Waals surface area contributed by atoms with Gasteiger partial charge in [-0.1, -0.05) is 0 Å². The van der Waals surface area contributed by atoms with Gasteiger partial charge in [-0.2, -0.15) is 0 Å². The zero-order valence-electron chi connectivity index (χ0n) is 8.26. The molecule has 1 aromatic rings. The van der Waals surface area contributed by atoms with Crippen LogP contribution in [0.3, 0.4) is 0 Å². The molecule has 0 saturated carbocycles. The van der Waals surface area contributed by atoms with Crippen molar-refractivity contribution in [1.82, 2.24) is 15.3 Å². The fourth-order valence-electron chi connectivity index (χ4n) is 1.06. The topological polar surface area (TPSA) is 49.9 Å². The minimum atomic E-state index is 0.764. The van der Waals surface area contributed by atoms with Gasteiger partial charge in [0.25, 0.3) is 0 Å². The molecule has 0 atom stereocenters. The lowest BCUT2D eigenvalue weighted by molar-refractivity contribution is 0.149. The predicted molar refractivity (Wildman–Crippen MR) is 51.5 cm³/mol. The maximum Gasteiger partial charge on any atom is 0.0925 e. The van der Waals surface area contributed by atoms with E-state index in [2.05, 4.69) is 15.3 Å². The average Bonchev–Trinajstić information content (AvgIpc) is 2.52. The van der Waals surface area contributed by atoms with Gasteiger partial charge in [0.05, 0.1) is 18.6 Å². The molecular formula is C9H17N3O. The van der Waals surface area contributed by atoms with Gasteiger partial charge in [0.2, 0.25) is 0 Å². The smallest absolute Gasteiger partial charge is 0.0925 e. The van der Waals surface area contributed by atoms with Crippen LogP contribution in [0.4, 0.5) is 0 Å². The van der Waals surface area contributed by atoms with Crippen molar-refractivity contribution in [3.63, 3.8) is 0 Å². The SMILES string of the molecule is CCOCCNCc1nc[nH]c1C. The minimum Gasteiger partial charge on any atom is -0.380 e. The van der Waals surface area contributed by atoms with Crippen LogP contribution in [0.5, 0.6) is 0 Å². The molecule has 0 bridgehead atoms. The number of ether oxygens (including phenoxy) is 1. The number of nitrogens with zero attached hydrogens (tertiary/aromatic N) is 1. The van der Waals surface area contributed by atoms with Gasteiger partial charge >= 0.3 is 0 Å². The first-order valence-corrected chi connectivity index (χ1v) is 4.62. The molecule has 2 N–H and O–H groups in total. The molecule has 0 fully saturated rings. The highest BCUT2D eigenvalue weighted by atomic mass is 16.5. The van der Waals surface area contributed by atoms with E-state index in [1.807, 2.05) is 13.8 Å². The van der Waals surface area contributed by atoms with E-state index in [9.17, 15) is 0 Å². The molecule has 1 heterocycles. The van der Waals surface area contributed by atoms with Crippen LogP contribution in [-0.2, 0) is 11.3 Å². The number of nitrogens with one attached hydrogen (secondary N) is 2. The molecule has 13 heavy (non-hydrogen) atoms. The summed E-state index contributed by atoms with van der Waals surface area (Å²) in [5.41, 5.74) is 2.21. The second-order valence-electron chi connectivity index (χ2n) is 2.85. The molecule has 0 radical (unpaired) electrons. The van der Waals surface area contributed by atoms with E-state index >= 15 is 0 Å². The Balaban J connectivity index is 2.10. The molecule has 0 spiro atoms. The van der Waals surface area contributed by atoms with Gasteiger partial charge in [0.15, 0.2) is 0 Å². The van der Waals surface area contributed by atoms with Gasteiger partial charge in [-0.25, -0.2) is 4.98 Å². The predicted octanol–water partition coefficient (Wildman–Crippen LogP) is 0.844. The van der Waals surface area contributed by atoms with Crippen LogP contribution >= 0.6 is 0 Å². The Morgan fingerprint density at radius 2 is 2.46 bits per heavy atom. The number of aromatic amines is 1. The number of H-pyrrole nitrogens is 1. The highest BCUT2D eigenvalue weighted by Crippen LogP contribution is 1.98. The number of imidazole rings is 1. The normalized spacial score (nSPS) is 10.6. The number of hydrogen-bond donors (Lipinski definition) is 2. The molecule has 1 rings (SSSR count). The summed E-state index contributed by atoms with van der Waals surface area (Å²) in [6.07, 6.45) is 1.72. The summed E-state index contributed by atoms with van der Waals surface area (Å²) in [4.78, 5) is 7.21. The molecule has 0 aliphatic carbocycles. The van der Waals surface area contributed by atoms with E-state index in [-0.39, 0.29) is 0 Å². The van der Waals surface area contributed by atoms with Crippen molar-refractivity contribution in [2.75, 3.05) is 19.8 Å². The van der Waals surface area contributed by atoms with Gasteiger partial charge in [-0.3, -0.25) is 0 Å². The van der Waals surface area contributed by atoms with Crippen LogP contribution in [-0.4, -0.2) is 29.7 Å². The largest absolute Gasteiger partial charge is 0.380 e. The van der Waals surface area contributed by atoms with Gasteiger partial charge in [-0.05, 0) is 13.8 Å². The van der Waals surface area contributed by atoms with E-state index in [1.54, 1.807) is 6.33 Å². The molecule has 0 aromatic carbocycles. The highest BCUT2D eigenvalue weighted by molar-refractivity contribution is 5.07. The van der Waals surface area contributed by atoms with Gasteiger partial charge < -0.3 is 15.0 Å². The summed E-state index contributed by atoms with van der Waals surface area (Å²) < 4.78 is 5.19. The van der Waals surface area contributed by atoms with Crippen LogP contribution in [0.2, 0.25) is 0 Å². The molecule has 0 saturated heterocycles. The van der Waals surface area contributed by atoms with Crippen LogP contribution in [0, 0.1) is 6.92 Å². The highest BCUT2D eigenvalue weighted by Gasteiger charge is 1.98. The number of aryl methyl sites for hydroxylation is 1. The quantitative estimate of drug-likeness (QED) is 0.643. The fourth-order valence-corrected chi connectivity index (χ4v) is 1.06. The summed E-state index contributed by atoms with van der Waals surface area (Å²) in [5.74, 6) is 0. The van der Waals surface area contributed by atoms with Crippen molar-refractivity contribution < 1.29 is 4.74 Å². The van der Waals surface area contributed by atoms with Crippen molar-refractivity contribution in [3.05, 3.63) is 17.7 Å². The molecule has 0 aliphatic heterocycles. The minimum absolute atomic E-state index is 0.764. The lowest BCUT2D eigenvalue weighted by Gasteiger charge is -2.03. The van der Waals surface area contributed by atoms with Crippen molar-refractivity contribution in [1.29, 1.82) is 0 Å². The maximum absolute atomic E-state index is 5.19. The first kappa shape index (κ1) is 10.2. The van der Waals surface area contributed by atoms with Gasteiger partial charge in [-0.15, -0.1) is 0 Å². The second-order valence-corrected chi connectivity index (χ2v) is 2.85. The van der Waals surface area contributed by atoms with E-state index in [0.29, 0.717) is 0 Å². The Kier molecular flexibility index (Phi) is 4.49. The van der Waals surface area contributed by atoms with Crippen LogP contribution in [0.1, 0.15) is 18.3 Å². The summed E-state index contributed by atoms with van der Waals surface area (Å²) >= 11 is 0. The van der Waals surface area contributed by atoms with Crippen LogP contribution in [0.15, 0.2) is 6.33 Å². The monoisotopic (exact) mass is 183 g/mol. The van der Waals surface area contributed by atoms with E-state index in [1.165, 1.54) is 0 Å². The van der Waals surface area contributed by atoms with Crippen molar-refractivity contribution in [3.8, 4) is 0 Å². The standard InChI is InChI=1S/C9H17N3O/c1-3-13-5-4-10-6-9-8(2)11-7-12-9/h7,10H,3-6H2,1-2H3,(H,11,12). The molecule has 0 amide bonds. The van der Waals surface area contributed by atoms with Gasteiger partial charge in [0, 0.05) is 25.4 Å².